The summed E-state index contributed by atoms with van der Waals surface area (Å²) in [5.74, 6) is 1.36. The maximum atomic E-state index is 11.8. The Hall–Kier alpha value is -1.16. The smallest absolute Gasteiger partial charge is 1.00 e. The average molecular weight is 452 g/mol. The van der Waals surface area contributed by atoms with Crippen LogP contribution in [0.4, 0.5) is 0 Å². The summed E-state index contributed by atoms with van der Waals surface area (Å²) in [5.41, 5.74) is 10.3. The van der Waals surface area contributed by atoms with Gasteiger partial charge in [-0.25, -0.2) is 0 Å². The molecule has 0 N–H and O–H groups in total. The summed E-state index contributed by atoms with van der Waals surface area (Å²) in [6, 6.07) is 7.02. The molecule has 1 amide bonds. The van der Waals surface area contributed by atoms with Gasteiger partial charge in [-0.1, -0.05) is 11.6 Å². The summed E-state index contributed by atoms with van der Waals surface area (Å²) >= 11 is 5.84. The molecular weight excluding hydrogens is 438 g/mol. The number of likely N-dealkylation sites (tertiary alicyclic amines) is 1. The molecular formula is C16H14Cl3N3O2Zn. The molecule has 0 spiro atoms. The van der Waals surface area contributed by atoms with Gasteiger partial charge in [-0.2, -0.15) is 4.79 Å². The number of hydrogen-bond acceptors (Lipinski definition) is 2. The van der Waals surface area contributed by atoms with Gasteiger partial charge >= 0.3 is 25.2 Å². The van der Waals surface area contributed by atoms with Crippen molar-refractivity contribution >= 4 is 23.2 Å². The van der Waals surface area contributed by atoms with Crippen molar-refractivity contribution < 1.29 is 58.6 Å². The van der Waals surface area contributed by atoms with Crippen LogP contribution in [0.3, 0.4) is 0 Å². The van der Waals surface area contributed by atoms with E-state index in [0.29, 0.717) is 47.3 Å². The van der Waals surface area contributed by atoms with Crippen LogP contribution in [0.2, 0.25) is 5.02 Å². The molecule has 128 valence electrons. The van der Waals surface area contributed by atoms with Crippen molar-refractivity contribution in [2.45, 2.75) is 19.3 Å². The number of allylic oxidation sites excluding steroid dienone is 4. The second kappa shape index (κ2) is 10.7. The normalized spacial score (nSPS) is 15.8. The van der Waals surface area contributed by atoms with Crippen molar-refractivity contribution in [1.29, 1.82) is 0 Å². The fourth-order valence-electron chi connectivity index (χ4n) is 2.54. The molecule has 0 unspecified atom stereocenters. The van der Waals surface area contributed by atoms with E-state index < -0.39 is 0 Å². The monoisotopic (exact) mass is 449 g/mol. The topological polar surface area (TPSA) is 65.9 Å². The van der Waals surface area contributed by atoms with Gasteiger partial charge in [0.2, 0.25) is 5.91 Å². The van der Waals surface area contributed by atoms with Crippen molar-refractivity contribution in [2.75, 3.05) is 6.54 Å². The van der Waals surface area contributed by atoms with E-state index in [1.165, 1.54) is 0 Å². The predicted octanol–water partition coefficient (Wildman–Crippen LogP) is -2.81. The summed E-state index contributed by atoms with van der Waals surface area (Å²) in [5, 5.41) is 0.636. The maximum Gasteiger partial charge on any atom is 2.00 e. The average Bonchev–Trinajstić information content (AvgIpc) is 2.95. The van der Waals surface area contributed by atoms with E-state index in [1.807, 2.05) is 0 Å². The molecule has 1 aromatic carbocycles. The first-order valence-electron chi connectivity index (χ1n) is 7.03. The number of amides is 1. The summed E-state index contributed by atoms with van der Waals surface area (Å²) in [6.07, 6.45) is 5.24. The molecule has 0 aromatic heterocycles. The molecule has 1 heterocycles. The van der Waals surface area contributed by atoms with Crippen LogP contribution in [0.5, 0.6) is 5.75 Å². The van der Waals surface area contributed by atoms with Gasteiger partial charge in [0.15, 0.2) is 0 Å². The Morgan fingerprint density at radius 2 is 1.84 bits per heavy atom. The van der Waals surface area contributed by atoms with Crippen LogP contribution < -0.4 is 29.6 Å². The Kier molecular flexibility index (Phi) is 10.3. The Morgan fingerprint density at radius 3 is 2.40 bits per heavy atom. The second-order valence-electron chi connectivity index (χ2n) is 5.11. The number of benzene rings is 1. The number of carbonyl (C=O) groups excluding carboxylic acids is 1. The van der Waals surface area contributed by atoms with Crippen molar-refractivity contribution in [3.63, 3.8) is 0 Å². The zero-order valence-corrected chi connectivity index (χ0v) is 18.5. The Morgan fingerprint density at radius 1 is 1.16 bits per heavy atom. The summed E-state index contributed by atoms with van der Waals surface area (Å²) in [7, 11) is 0. The van der Waals surface area contributed by atoms with Crippen molar-refractivity contribution in [2.24, 2.45) is 0 Å². The van der Waals surface area contributed by atoms with E-state index >= 15 is 0 Å². The van der Waals surface area contributed by atoms with Crippen molar-refractivity contribution in [3.05, 3.63) is 58.4 Å². The second-order valence-corrected chi connectivity index (χ2v) is 5.55. The minimum absolute atomic E-state index is 0. The van der Waals surface area contributed by atoms with Crippen molar-refractivity contribution in [3.8, 4) is 5.75 Å². The van der Waals surface area contributed by atoms with Crippen LogP contribution in [-0.4, -0.2) is 27.9 Å². The third-order valence-electron chi connectivity index (χ3n) is 3.61. The molecule has 0 saturated carbocycles. The van der Waals surface area contributed by atoms with E-state index in [-0.39, 0.29) is 50.2 Å². The van der Waals surface area contributed by atoms with Crippen LogP contribution in [0.25, 0.3) is 5.53 Å². The molecule has 5 nitrogen and oxygen atoms in total. The SMILES string of the molecule is [Cl-].[Cl-].[N-]=[N+]=C1CC(Oc2ccc(Cl)cc2)=CC=C1N1CCCC1=O.[Zn+2]. The van der Waals surface area contributed by atoms with Crippen LogP contribution in [0.1, 0.15) is 19.3 Å². The van der Waals surface area contributed by atoms with E-state index in [4.69, 9.17) is 16.3 Å². The minimum atomic E-state index is 0. The first-order chi connectivity index (χ1) is 10.7. The summed E-state index contributed by atoms with van der Waals surface area (Å²) < 4.78 is 5.74. The molecule has 1 saturated heterocycles. The van der Waals surface area contributed by atoms with Crippen LogP contribution in [0.15, 0.2) is 47.9 Å². The first-order valence-corrected chi connectivity index (χ1v) is 7.41. The van der Waals surface area contributed by atoms with Gasteiger partial charge in [-0.05, 0) is 42.8 Å². The molecule has 25 heavy (non-hydrogen) atoms. The number of carbonyl (C=O) groups is 1. The molecule has 0 bridgehead atoms. The number of halogens is 3. The van der Waals surface area contributed by atoms with Crippen LogP contribution in [-0.2, 0) is 24.3 Å². The predicted molar refractivity (Wildman–Crippen MR) is 82.4 cm³/mol. The third-order valence-corrected chi connectivity index (χ3v) is 3.86. The van der Waals surface area contributed by atoms with E-state index in [1.54, 1.807) is 41.3 Å². The van der Waals surface area contributed by atoms with Crippen LogP contribution in [0, 0.1) is 0 Å². The van der Waals surface area contributed by atoms with Gasteiger partial charge in [0.1, 0.15) is 23.6 Å². The van der Waals surface area contributed by atoms with Gasteiger partial charge in [0.05, 0.1) is 0 Å². The Balaban J connectivity index is 0.00000192. The largest absolute Gasteiger partial charge is 2.00 e. The fourth-order valence-corrected chi connectivity index (χ4v) is 2.67. The fraction of sp³-hybridized carbons (Fsp3) is 0.250. The number of hydrogen-bond donors (Lipinski definition) is 0. The number of rotatable bonds is 3. The molecule has 1 aliphatic heterocycles. The Bertz CT molecular complexity index is 729. The molecule has 0 radical (unpaired) electrons. The van der Waals surface area contributed by atoms with Crippen molar-refractivity contribution in [1.82, 2.24) is 4.90 Å². The zero-order valence-electron chi connectivity index (χ0n) is 13.3. The quantitative estimate of drug-likeness (QED) is 0.283. The minimum Gasteiger partial charge on any atom is -1.00 e. The zero-order chi connectivity index (χ0) is 15.5. The van der Waals surface area contributed by atoms with Gasteiger partial charge in [0, 0.05) is 18.0 Å². The first kappa shape index (κ1) is 23.8. The van der Waals surface area contributed by atoms with E-state index in [0.717, 1.165) is 6.42 Å². The maximum absolute atomic E-state index is 11.8. The van der Waals surface area contributed by atoms with E-state index in [9.17, 15) is 10.3 Å². The van der Waals surface area contributed by atoms with Gasteiger partial charge in [-0.15, -0.1) is 0 Å². The molecule has 9 heteroatoms. The Labute approximate surface area is 176 Å². The molecule has 1 fully saturated rings. The van der Waals surface area contributed by atoms with Gasteiger partial charge in [-0.3, -0.25) is 4.79 Å². The molecule has 1 aromatic rings. The molecule has 0 atom stereocenters. The standard InChI is InChI=1S/C16H14ClN3O2.2ClH.Zn/c17-11-3-5-12(6-4-11)22-13-7-8-15(14(10-13)19-18)20-9-1-2-16(20)21;;;/h3-8H,1-2,9-10H2;2*1H;/q;;;+2/p-2. The molecule has 2 aliphatic rings. The number of nitrogens with zero attached hydrogens (tertiary/aromatic N) is 3. The summed E-state index contributed by atoms with van der Waals surface area (Å²) in [4.78, 5) is 16.8. The number of ether oxygens (including phenoxy) is 1. The molecule has 1 aliphatic carbocycles. The molecule has 3 rings (SSSR count). The third kappa shape index (κ3) is 5.67. The van der Waals surface area contributed by atoms with Gasteiger partial charge in [0.25, 0.3) is 0 Å². The van der Waals surface area contributed by atoms with E-state index in [2.05, 4.69) is 4.79 Å². The summed E-state index contributed by atoms with van der Waals surface area (Å²) in [6.45, 7) is 0.658. The van der Waals surface area contributed by atoms with Crippen LogP contribution >= 0.6 is 11.6 Å². The van der Waals surface area contributed by atoms with Gasteiger partial charge < -0.3 is 40.0 Å².